The molecule has 3 heteroatoms. The largest absolute Gasteiger partial charge is 0.353 e. The van der Waals surface area contributed by atoms with Crippen molar-refractivity contribution >= 4 is 28.1 Å². The first-order chi connectivity index (χ1) is 9.83. The molecular weight excluding hydrogens is 246 g/mol. The van der Waals surface area contributed by atoms with E-state index >= 15 is 0 Å². The molecule has 1 aliphatic rings. The average molecular weight is 261 g/mol. The van der Waals surface area contributed by atoms with Crippen LogP contribution in [-0.4, -0.2) is 18.7 Å². The molecule has 0 spiro atoms. The summed E-state index contributed by atoms with van der Waals surface area (Å²) in [5, 5.41) is 1.19. The van der Waals surface area contributed by atoms with Gasteiger partial charge in [-0.25, -0.2) is 4.98 Å². The van der Waals surface area contributed by atoms with Gasteiger partial charge in [0.2, 0.25) is 0 Å². The topological polar surface area (TPSA) is 19.4 Å². The van der Waals surface area contributed by atoms with Crippen LogP contribution in [0.5, 0.6) is 0 Å². The zero-order valence-electron chi connectivity index (χ0n) is 11.3. The van der Waals surface area contributed by atoms with Crippen LogP contribution in [-0.2, 0) is 0 Å². The molecule has 1 aromatic heterocycles. The average Bonchev–Trinajstić information content (AvgIpc) is 2.83. The molecule has 0 unspecified atom stereocenters. The molecule has 1 aliphatic heterocycles. The van der Waals surface area contributed by atoms with Crippen molar-refractivity contribution in [1.82, 2.24) is 4.98 Å². The van der Waals surface area contributed by atoms with Crippen molar-refractivity contribution in [3.63, 3.8) is 0 Å². The van der Waals surface area contributed by atoms with Gasteiger partial charge in [-0.2, -0.15) is 0 Å². The van der Waals surface area contributed by atoms with Crippen LogP contribution in [0.15, 0.2) is 60.7 Å². The highest BCUT2D eigenvalue weighted by atomic mass is 15.4. The van der Waals surface area contributed by atoms with Crippen molar-refractivity contribution in [2.75, 3.05) is 23.5 Å². The van der Waals surface area contributed by atoms with Gasteiger partial charge in [0.15, 0.2) is 5.82 Å². The van der Waals surface area contributed by atoms with Crippen LogP contribution in [0.4, 0.5) is 17.2 Å². The monoisotopic (exact) mass is 261 g/mol. The van der Waals surface area contributed by atoms with E-state index < -0.39 is 0 Å². The van der Waals surface area contributed by atoms with Crippen LogP contribution in [0.1, 0.15) is 0 Å². The van der Waals surface area contributed by atoms with Crippen LogP contribution in [0.3, 0.4) is 0 Å². The van der Waals surface area contributed by atoms with E-state index in [1.807, 2.05) is 12.1 Å². The Morgan fingerprint density at radius 2 is 1.70 bits per heavy atom. The summed E-state index contributed by atoms with van der Waals surface area (Å²) in [4.78, 5) is 9.34. The summed E-state index contributed by atoms with van der Waals surface area (Å²) in [6.07, 6.45) is 0. The summed E-state index contributed by atoms with van der Waals surface area (Å²) in [6, 6.07) is 20.9. The van der Waals surface area contributed by atoms with Gasteiger partial charge in [0.25, 0.3) is 0 Å². The van der Waals surface area contributed by atoms with Crippen LogP contribution >= 0.6 is 0 Å². The first kappa shape index (κ1) is 11.3. The molecule has 4 rings (SSSR count). The third kappa shape index (κ3) is 1.63. The molecule has 0 aliphatic carbocycles. The number of benzene rings is 2. The zero-order chi connectivity index (χ0) is 13.5. The van der Waals surface area contributed by atoms with Crippen molar-refractivity contribution < 1.29 is 0 Å². The SMILES string of the molecule is CN1CN(c2ccccc2)c2nc3ccccc3cc21. The first-order valence-electron chi connectivity index (χ1n) is 6.76. The van der Waals surface area contributed by atoms with E-state index in [2.05, 4.69) is 65.4 Å². The molecule has 98 valence electrons. The molecule has 0 N–H and O–H groups in total. The lowest BCUT2D eigenvalue weighted by Gasteiger charge is -2.18. The van der Waals surface area contributed by atoms with Crippen LogP contribution in [0, 0.1) is 0 Å². The van der Waals surface area contributed by atoms with Gasteiger partial charge >= 0.3 is 0 Å². The Balaban J connectivity index is 1.92. The van der Waals surface area contributed by atoms with E-state index in [-0.39, 0.29) is 0 Å². The fourth-order valence-corrected chi connectivity index (χ4v) is 2.74. The van der Waals surface area contributed by atoms with Gasteiger partial charge in [0.05, 0.1) is 17.9 Å². The molecule has 0 radical (unpaired) electrons. The van der Waals surface area contributed by atoms with Crippen molar-refractivity contribution in [2.24, 2.45) is 0 Å². The molecule has 0 saturated heterocycles. The lowest BCUT2D eigenvalue weighted by Crippen LogP contribution is -2.24. The minimum atomic E-state index is 0.836. The predicted octanol–water partition coefficient (Wildman–Crippen LogP) is 3.78. The highest BCUT2D eigenvalue weighted by molar-refractivity contribution is 5.90. The van der Waals surface area contributed by atoms with Crippen molar-refractivity contribution in [2.45, 2.75) is 0 Å². The fraction of sp³-hybridized carbons (Fsp3) is 0.118. The second-order valence-corrected chi connectivity index (χ2v) is 5.13. The van der Waals surface area contributed by atoms with E-state index in [1.54, 1.807) is 0 Å². The number of nitrogens with zero attached hydrogens (tertiary/aromatic N) is 3. The van der Waals surface area contributed by atoms with E-state index in [0.29, 0.717) is 0 Å². The van der Waals surface area contributed by atoms with Gasteiger partial charge in [-0.1, -0.05) is 36.4 Å². The Morgan fingerprint density at radius 1 is 0.950 bits per heavy atom. The fourth-order valence-electron chi connectivity index (χ4n) is 2.74. The van der Waals surface area contributed by atoms with Crippen molar-refractivity contribution in [3.05, 3.63) is 60.7 Å². The van der Waals surface area contributed by atoms with E-state index in [0.717, 1.165) is 18.0 Å². The molecule has 0 amide bonds. The molecule has 2 aromatic carbocycles. The number of hydrogen-bond donors (Lipinski definition) is 0. The molecule has 2 heterocycles. The summed E-state index contributed by atoms with van der Waals surface area (Å²) in [5.41, 5.74) is 3.41. The molecule has 3 nitrogen and oxygen atoms in total. The Labute approximate surface area is 118 Å². The van der Waals surface area contributed by atoms with E-state index in [4.69, 9.17) is 4.98 Å². The third-order valence-corrected chi connectivity index (χ3v) is 3.77. The lowest BCUT2D eigenvalue weighted by molar-refractivity contribution is 0.945. The summed E-state index contributed by atoms with van der Waals surface area (Å²) in [6.45, 7) is 0.836. The normalized spacial score (nSPS) is 13.8. The van der Waals surface area contributed by atoms with E-state index in [1.165, 1.54) is 16.8 Å². The Kier molecular flexibility index (Phi) is 2.39. The molecule has 0 fully saturated rings. The molecule has 0 saturated carbocycles. The Hall–Kier alpha value is -2.55. The summed E-state index contributed by atoms with van der Waals surface area (Å²) >= 11 is 0. The molecule has 20 heavy (non-hydrogen) atoms. The van der Waals surface area contributed by atoms with Gasteiger partial charge in [-0.05, 0) is 24.3 Å². The number of fused-ring (bicyclic) bond motifs is 2. The maximum atomic E-state index is 4.85. The second kappa shape index (κ2) is 4.23. The Morgan fingerprint density at radius 3 is 2.55 bits per heavy atom. The first-order valence-corrected chi connectivity index (χ1v) is 6.76. The number of anilines is 3. The smallest absolute Gasteiger partial charge is 0.158 e. The highest BCUT2D eigenvalue weighted by Crippen LogP contribution is 2.39. The van der Waals surface area contributed by atoms with Gasteiger partial charge in [0, 0.05) is 18.1 Å². The maximum Gasteiger partial charge on any atom is 0.158 e. The Bertz CT molecular complexity index is 768. The molecule has 0 atom stereocenters. The minimum absolute atomic E-state index is 0.836. The second-order valence-electron chi connectivity index (χ2n) is 5.13. The predicted molar refractivity (Wildman–Crippen MR) is 83.6 cm³/mol. The lowest BCUT2D eigenvalue weighted by atomic mass is 10.2. The zero-order valence-corrected chi connectivity index (χ0v) is 11.3. The van der Waals surface area contributed by atoms with Gasteiger partial charge in [-0.3, -0.25) is 0 Å². The standard InChI is InChI=1S/C17H15N3/c1-19-12-20(14-8-3-2-4-9-14)17-16(19)11-13-7-5-6-10-15(13)18-17/h2-11H,12H2,1H3. The quantitative estimate of drug-likeness (QED) is 0.664. The van der Waals surface area contributed by atoms with Gasteiger partial charge < -0.3 is 9.80 Å². The molecule has 0 bridgehead atoms. The molecule has 3 aromatic rings. The van der Waals surface area contributed by atoms with Gasteiger partial charge in [-0.15, -0.1) is 0 Å². The number of aromatic nitrogens is 1. The van der Waals surface area contributed by atoms with Crippen molar-refractivity contribution in [3.8, 4) is 0 Å². The van der Waals surface area contributed by atoms with Crippen LogP contribution in [0.2, 0.25) is 0 Å². The molecular formula is C17H15N3. The summed E-state index contributed by atoms with van der Waals surface area (Å²) < 4.78 is 0. The number of rotatable bonds is 1. The van der Waals surface area contributed by atoms with Crippen molar-refractivity contribution in [1.29, 1.82) is 0 Å². The van der Waals surface area contributed by atoms with Gasteiger partial charge in [0.1, 0.15) is 0 Å². The number of para-hydroxylation sites is 2. The summed E-state index contributed by atoms with van der Waals surface area (Å²) in [5.74, 6) is 1.04. The van der Waals surface area contributed by atoms with E-state index in [9.17, 15) is 0 Å². The van der Waals surface area contributed by atoms with Crippen LogP contribution < -0.4 is 9.80 Å². The maximum absolute atomic E-state index is 4.85. The number of pyridine rings is 1. The number of hydrogen-bond acceptors (Lipinski definition) is 3. The van der Waals surface area contributed by atoms with Crippen LogP contribution in [0.25, 0.3) is 10.9 Å². The third-order valence-electron chi connectivity index (χ3n) is 3.77. The minimum Gasteiger partial charge on any atom is -0.353 e. The summed E-state index contributed by atoms with van der Waals surface area (Å²) in [7, 11) is 2.11. The highest BCUT2D eigenvalue weighted by Gasteiger charge is 2.26.